The molecule has 15 nitrogen and oxygen atoms in total. The Labute approximate surface area is 261 Å². The SMILES string of the molecule is C#CCOc1cc2nn(C)cc2cc1NC(=O)c1cnc(N2CC(CN3CC(OCC(=O)NCCC4(CCN)NN4)C3)C2)cn1. The third-order valence-electron chi connectivity index (χ3n) is 8.25. The van der Waals surface area contributed by atoms with Gasteiger partial charge in [-0.25, -0.2) is 20.8 Å². The molecule has 0 radical (unpaired) electrons. The van der Waals surface area contributed by atoms with Gasteiger partial charge in [0.2, 0.25) is 5.91 Å². The maximum Gasteiger partial charge on any atom is 0.275 e. The number of benzene rings is 1. The van der Waals surface area contributed by atoms with E-state index in [0.29, 0.717) is 30.4 Å². The summed E-state index contributed by atoms with van der Waals surface area (Å²) >= 11 is 0. The van der Waals surface area contributed by atoms with E-state index in [0.717, 1.165) is 62.3 Å². The maximum atomic E-state index is 13.0. The number of ether oxygens (including phenoxy) is 2. The molecule has 0 aliphatic carbocycles. The second-order valence-electron chi connectivity index (χ2n) is 11.8. The van der Waals surface area contributed by atoms with Crippen molar-refractivity contribution in [2.75, 3.05) is 69.2 Å². The van der Waals surface area contributed by atoms with Gasteiger partial charge in [0, 0.05) is 69.9 Å². The molecule has 6 rings (SSSR count). The van der Waals surface area contributed by atoms with Gasteiger partial charge in [-0.05, 0) is 25.5 Å². The van der Waals surface area contributed by atoms with Crippen LogP contribution in [-0.2, 0) is 16.6 Å². The molecular formula is C30H39N11O4. The number of nitrogens with one attached hydrogen (secondary N) is 4. The van der Waals surface area contributed by atoms with E-state index in [9.17, 15) is 9.59 Å². The number of carbonyl (C=O) groups is 2. The van der Waals surface area contributed by atoms with Gasteiger partial charge in [0.25, 0.3) is 5.91 Å². The van der Waals surface area contributed by atoms with E-state index in [1.165, 1.54) is 6.20 Å². The first-order valence-corrected chi connectivity index (χ1v) is 15.1. The molecule has 0 bridgehead atoms. The summed E-state index contributed by atoms with van der Waals surface area (Å²) in [5, 5.41) is 11.0. The van der Waals surface area contributed by atoms with Gasteiger partial charge in [0.15, 0.2) is 0 Å². The number of amides is 2. The zero-order valence-corrected chi connectivity index (χ0v) is 25.3. The second-order valence-corrected chi connectivity index (χ2v) is 11.8. The minimum Gasteiger partial charge on any atom is -0.479 e. The summed E-state index contributed by atoms with van der Waals surface area (Å²) in [5.74, 6) is 3.61. The Balaban J connectivity index is 0.894. The number of anilines is 2. The van der Waals surface area contributed by atoms with Crippen molar-refractivity contribution in [2.24, 2.45) is 18.7 Å². The minimum atomic E-state index is -0.403. The molecule has 0 saturated carbocycles. The Morgan fingerprint density at radius 1 is 1.18 bits per heavy atom. The Hall–Kier alpha value is -4.33. The molecule has 3 aliphatic rings. The summed E-state index contributed by atoms with van der Waals surface area (Å²) < 4.78 is 13.1. The van der Waals surface area contributed by atoms with Crippen LogP contribution in [0.1, 0.15) is 23.3 Å². The van der Waals surface area contributed by atoms with Gasteiger partial charge >= 0.3 is 0 Å². The normalized spacial score (nSPS) is 17.8. The molecule has 0 unspecified atom stereocenters. The smallest absolute Gasteiger partial charge is 0.275 e. The van der Waals surface area contributed by atoms with E-state index in [1.807, 2.05) is 13.2 Å². The van der Waals surface area contributed by atoms with Crippen molar-refractivity contribution in [2.45, 2.75) is 24.6 Å². The highest BCUT2D eigenvalue weighted by Crippen LogP contribution is 2.31. The highest BCUT2D eigenvalue weighted by atomic mass is 16.5. The molecule has 1 aromatic carbocycles. The lowest BCUT2D eigenvalue weighted by atomic mass is 9.97. The number of hydrogen-bond donors (Lipinski definition) is 5. The monoisotopic (exact) mass is 617 g/mol. The highest BCUT2D eigenvalue weighted by molar-refractivity contribution is 6.04. The molecule has 3 fully saturated rings. The molecule has 2 aromatic heterocycles. The van der Waals surface area contributed by atoms with Crippen molar-refractivity contribution in [3.63, 3.8) is 0 Å². The number of terminal acetylenes is 1. The largest absolute Gasteiger partial charge is 0.479 e. The maximum absolute atomic E-state index is 13.0. The average Bonchev–Trinajstić information content (AvgIpc) is 3.64. The fourth-order valence-corrected chi connectivity index (χ4v) is 5.68. The van der Waals surface area contributed by atoms with Crippen LogP contribution in [-0.4, -0.2) is 107 Å². The van der Waals surface area contributed by atoms with Gasteiger partial charge < -0.3 is 30.7 Å². The van der Waals surface area contributed by atoms with Crippen molar-refractivity contribution in [3.05, 3.63) is 36.4 Å². The zero-order valence-electron chi connectivity index (χ0n) is 25.3. The number of aryl methyl sites for hydroxylation is 1. The molecular weight excluding hydrogens is 578 g/mol. The standard InChI is InChI=1S/C30H39N11O4/c1-3-8-44-26-10-23-21(16-39(2)36-23)9-24(26)35-29(43)25-11-34-27(12-33-25)41-14-20(15-41)13-40-17-22(18-40)45-19-28(42)32-7-5-30(4-6-31)37-38-30/h1,9-12,16,20,22,37-38H,4-8,13-15,17-19,31H2,2H3,(H,32,42)(H,35,43). The van der Waals surface area contributed by atoms with Gasteiger partial charge in [-0.2, -0.15) is 5.10 Å². The lowest BCUT2D eigenvalue weighted by molar-refractivity contribution is -0.132. The number of hydrogen-bond acceptors (Lipinski definition) is 12. The second kappa shape index (κ2) is 13.3. The Bertz CT molecular complexity index is 1550. The number of carbonyl (C=O) groups excluding carboxylic acids is 2. The van der Waals surface area contributed by atoms with Gasteiger partial charge in [0.1, 0.15) is 30.5 Å². The van der Waals surface area contributed by atoms with Crippen molar-refractivity contribution in [1.29, 1.82) is 0 Å². The quantitative estimate of drug-likeness (QED) is 0.108. The summed E-state index contributed by atoms with van der Waals surface area (Å²) in [7, 11) is 1.82. The van der Waals surface area contributed by atoms with Crippen LogP contribution in [0.15, 0.2) is 30.7 Å². The van der Waals surface area contributed by atoms with Crippen molar-refractivity contribution < 1.29 is 19.1 Å². The molecule has 3 aliphatic heterocycles. The number of rotatable bonds is 15. The van der Waals surface area contributed by atoms with E-state index < -0.39 is 5.91 Å². The molecule has 3 saturated heterocycles. The Morgan fingerprint density at radius 2 is 2.00 bits per heavy atom. The zero-order chi connectivity index (χ0) is 31.4. The molecule has 6 N–H and O–H groups in total. The van der Waals surface area contributed by atoms with Crippen LogP contribution in [0.25, 0.3) is 10.9 Å². The van der Waals surface area contributed by atoms with E-state index in [-0.39, 0.29) is 36.6 Å². The molecule has 0 atom stereocenters. The summed E-state index contributed by atoms with van der Waals surface area (Å²) in [4.78, 5) is 38.4. The van der Waals surface area contributed by atoms with Crippen molar-refractivity contribution in [3.8, 4) is 18.1 Å². The number of fused-ring (bicyclic) bond motifs is 1. The first kappa shape index (κ1) is 30.7. The number of hydrazine groups is 1. The number of nitrogens with two attached hydrogens (primary N) is 1. The van der Waals surface area contributed by atoms with Gasteiger partial charge in [0.05, 0.1) is 35.4 Å². The predicted octanol–water partition coefficient (Wildman–Crippen LogP) is -0.576. The van der Waals surface area contributed by atoms with E-state index >= 15 is 0 Å². The lowest BCUT2D eigenvalue weighted by Crippen LogP contribution is -2.59. The van der Waals surface area contributed by atoms with Crippen LogP contribution in [0.2, 0.25) is 0 Å². The van der Waals surface area contributed by atoms with Crippen LogP contribution >= 0.6 is 0 Å². The van der Waals surface area contributed by atoms with Crippen LogP contribution in [0, 0.1) is 18.3 Å². The van der Waals surface area contributed by atoms with Gasteiger partial charge in [-0.3, -0.25) is 19.2 Å². The van der Waals surface area contributed by atoms with Gasteiger partial charge in [-0.1, -0.05) is 5.92 Å². The summed E-state index contributed by atoms with van der Waals surface area (Å²) in [5.41, 5.74) is 13.1. The van der Waals surface area contributed by atoms with Gasteiger partial charge in [-0.15, -0.1) is 6.42 Å². The molecule has 45 heavy (non-hydrogen) atoms. The third kappa shape index (κ3) is 7.49. The molecule has 5 heterocycles. The van der Waals surface area contributed by atoms with Crippen LogP contribution in [0.3, 0.4) is 0 Å². The van der Waals surface area contributed by atoms with E-state index in [4.69, 9.17) is 21.6 Å². The fourth-order valence-electron chi connectivity index (χ4n) is 5.68. The first-order valence-electron chi connectivity index (χ1n) is 15.1. The Morgan fingerprint density at radius 3 is 2.71 bits per heavy atom. The van der Waals surface area contributed by atoms with E-state index in [2.05, 4.69) is 52.3 Å². The van der Waals surface area contributed by atoms with E-state index in [1.54, 1.807) is 23.0 Å². The molecule has 15 heteroatoms. The van der Waals surface area contributed by atoms with Crippen LogP contribution in [0.4, 0.5) is 11.5 Å². The van der Waals surface area contributed by atoms with Crippen LogP contribution in [0.5, 0.6) is 5.75 Å². The topological polar surface area (TPSA) is 197 Å². The molecule has 3 aromatic rings. The number of likely N-dealkylation sites (tertiary alicyclic amines) is 1. The van der Waals surface area contributed by atoms with Crippen LogP contribution < -0.4 is 36.9 Å². The van der Waals surface area contributed by atoms with Crippen molar-refractivity contribution in [1.82, 2.24) is 40.8 Å². The minimum absolute atomic E-state index is 0.0607. The summed E-state index contributed by atoms with van der Waals surface area (Å²) in [6.07, 6.45) is 12.0. The summed E-state index contributed by atoms with van der Waals surface area (Å²) in [6, 6.07) is 3.54. The first-order chi connectivity index (χ1) is 21.8. The average molecular weight is 618 g/mol. The lowest BCUT2D eigenvalue weighted by Gasteiger charge is -2.46. The summed E-state index contributed by atoms with van der Waals surface area (Å²) in [6.45, 7) is 5.64. The molecule has 238 valence electrons. The molecule has 0 spiro atoms. The predicted molar refractivity (Wildman–Crippen MR) is 167 cm³/mol. The molecule has 2 amide bonds. The number of aromatic nitrogens is 4. The Kier molecular flexibility index (Phi) is 9.10. The highest BCUT2D eigenvalue weighted by Gasteiger charge is 2.40. The number of nitrogens with zero attached hydrogens (tertiary/aromatic N) is 6. The van der Waals surface area contributed by atoms with Crippen molar-refractivity contribution >= 4 is 34.2 Å². The fraction of sp³-hybridized carbons (Fsp3) is 0.500. The third-order valence-corrected chi connectivity index (χ3v) is 8.25.